The molecule has 8 nitrogen and oxygen atoms in total. The summed E-state index contributed by atoms with van der Waals surface area (Å²) in [5.41, 5.74) is 5.79. The van der Waals surface area contributed by atoms with Crippen LogP contribution in [0, 0.1) is 28.4 Å². The van der Waals surface area contributed by atoms with Crippen LogP contribution in [0.3, 0.4) is 0 Å². The number of pyridine rings is 1. The summed E-state index contributed by atoms with van der Waals surface area (Å²) in [5, 5.41) is 22.2. The predicted octanol–water partition coefficient (Wildman–Crippen LogP) is 2.45. The minimum atomic E-state index is -0.800. The number of anilines is 2. The fourth-order valence-electron chi connectivity index (χ4n) is 1.98. The van der Waals surface area contributed by atoms with Gasteiger partial charge in [-0.15, -0.1) is 0 Å². The van der Waals surface area contributed by atoms with Crippen LogP contribution in [0.1, 0.15) is 31.3 Å². The number of halogens is 2. The van der Waals surface area contributed by atoms with Gasteiger partial charge in [0.05, 0.1) is 24.0 Å². The van der Waals surface area contributed by atoms with Crippen molar-refractivity contribution in [3.63, 3.8) is 0 Å². The van der Waals surface area contributed by atoms with Crippen LogP contribution in [-0.4, -0.2) is 20.8 Å². The highest BCUT2D eigenvalue weighted by Gasteiger charge is 2.16. The van der Waals surface area contributed by atoms with E-state index in [0.29, 0.717) is 5.70 Å². The summed E-state index contributed by atoms with van der Waals surface area (Å²) in [6.07, 6.45) is 3.32. The van der Waals surface area contributed by atoms with E-state index >= 15 is 0 Å². The molecule has 2 aromatic heterocycles. The van der Waals surface area contributed by atoms with Gasteiger partial charge in [-0.05, 0) is 26.0 Å². The third-order valence-corrected chi connectivity index (χ3v) is 3.10. The number of nitriles is 1. The van der Waals surface area contributed by atoms with Crippen LogP contribution in [0.25, 0.3) is 0 Å². The lowest BCUT2D eigenvalue weighted by Gasteiger charge is -2.15. The predicted molar refractivity (Wildman–Crippen MR) is 92.2 cm³/mol. The summed E-state index contributed by atoms with van der Waals surface area (Å²) in [6, 6.07) is 2.30. The van der Waals surface area contributed by atoms with Gasteiger partial charge in [0.15, 0.2) is 17.5 Å². The molecule has 2 heterocycles. The summed E-state index contributed by atoms with van der Waals surface area (Å²) in [4.78, 5) is 11.7. The normalized spacial score (nSPS) is 12.2. The van der Waals surface area contributed by atoms with Crippen molar-refractivity contribution in [1.29, 1.82) is 10.7 Å². The molecule has 0 saturated carbocycles. The Morgan fingerprint density at radius 3 is 2.58 bits per heavy atom. The molecule has 0 bridgehead atoms. The van der Waals surface area contributed by atoms with E-state index in [-0.39, 0.29) is 28.9 Å². The number of allylic oxidation sites excluding steroid dienone is 1. The second kappa shape index (κ2) is 7.98. The Bertz CT molecular complexity index is 882. The Labute approximate surface area is 148 Å². The molecule has 0 aliphatic carbocycles. The third kappa shape index (κ3) is 4.70. The molecular formula is C16H16F2N8. The van der Waals surface area contributed by atoms with Crippen LogP contribution < -0.4 is 16.4 Å². The molecule has 2 aromatic rings. The third-order valence-electron chi connectivity index (χ3n) is 3.10. The maximum Gasteiger partial charge on any atom is 0.170 e. The number of hydrogen-bond donors (Lipinski definition) is 4. The summed E-state index contributed by atoms with van der Waals surface area (Å²) >= 11 is 0. The molecule has 2 rings (SSSR count). The van der Waals surface area contributed by atoms with E-state index in [9.17, 15) is 14.0 Å². The van der Waals surface area contributed by atoms with E-state index in [1.807, 2.05) is 6.07 Å². The maximum absolute atomic E-state index is 14.1. The summed E-state index contributed by atoms with van der Waals surface area (Å²) in [5.74, 6) is -1.45. The lowest BCUT2D eigenvalue weighted by Crippen LogP contribution is -2.16. The lowest BCUT2D eigenvalue weighted by atomic mass is 10.2. The van der Waals surface area contributed by atoms with Crippen molar-refractivity contribution < 1.29 is 8.78 Å². The van der Waals surface area contributed by atoms with Gasteiger partial charge in [0.25, 0.3) is 0 Å². The first-order valence-corrected chi connectivity index (χ1v) is 7.44. The second-order valence-corrected chi connectivity index (χ2v) is 5.38. The van der Waals surface area contributed by atoms with Crippen LogP contribution in [0.2, 0.25) is 0 Å². The maximum atomic E-state index is 14.1. The first-order chi connectivity index (χ1) is 12.3. The molecule has 0 saturated heterocycles. The number of nitrogens with two attached hydrogens (primary N) is 1. The monoisotopic (exact) mass is 358 g/mol. The van der Waals surface area contributed by atoms with Gasteiger partial charge in [0, 0.05) is 5.70 Å². The highest BCUT2D eigenvalue weighted by molar-refractivity contribution is 6.01. The van der Waals surface area contributed by atoms with Gasteiger partial charge < -0.3 is 16.4 Å². The van der Waals surface area contributed by atoms with Gasteiger partial charge in [-0.3, -0.25) is 5.41 Å². The van der Waals surface area contributed by atoms with Crippen molar-refractivity contribution in [2.45, 2.75) is 19.9 Å². The van der Waals surface area contributed by atoms with E-state index < -0.39 is 17.7 Å². The first kappa shape index (κ1) is 18.7. The molecule has 0 amide bonds. The number of amidine groups is 1. The van der Waals surface area contributed by atoms with Crippen LogP contribution in [-0.2, 0) is 0 Å². The van der Waals surface area contributed by atoms with Crippen LogP contribution >= 0.6 is 0 Å². The van der Waals surface area contributed by atoms with E-state index in [1.54, 1.807) is 13.8 Å². The van der Waals surface area contributed by atoms with Gasteiger partial charge in [-0.2, -0.15) is 5.26 Å². The van der Waals surface area contributed by atoms with Gasteiger partial charge in [0.1, 0.15) is 23.5 Å². The molecule has 134 valence electrons. The van der Waals surface area contributed by atoms with E-state index in [1.165, 1.54) is 6.08 Å². The van der Waals surface area contributed by atoms with Crippen molar-refractivity contribution in [3.8, 4) is 6.07 Å². The highest BCUT2D eigenvalue weighted by atomic mass is 19.1. The average molecular weight is 358 g/mol. The summed E-state index contributed by atoms with van der Waals surface area (Å²) < 4.78 is 27.0. The fraction of sp³-hybridized carbons (Fsp3) is 0.188. The molecule has 0 fully saturated rings. The Morgan fingerprint density at radius 1 is 1.35 bits per heavy atom. The Kier molecular flexibility index (Phi) is 5.74. The average Bonchev–Trinajstić information content (AvgIpc) is 2.57. The smallest absolute Gasteiger partial charge is 0.170 e. The molecule has 0 aliphatic heterocycles. The molecule has 0 spiro atoms. The standard InChI is InChI=1S/C16H16F2N8/c1-8(20)3-13(21)25-16-12(18)4-10(5-19)15(26-16)24-9(2)14-22-6-11(17)7-23-14/h3-4,6-7,9H,20H2,1-2H3,(H3,21,24,25,26)/b8-3-/t9-/m1/s1. The lowest BCUT2D eigenvalue weighted by molar-refractivity contribution is 0.604. The minimum Gasteiger partial charge on any atom is -0.402 e. The second-order valence-electron chi connectivity index (χ2n) is 5.38. The molecule has 0 aromatic carbocycles. The summed E-state index contributed by atoms with van der Waals surface area (Å²) in [7, 11) is 0. The fourth-order valence-corrected chi connectivity index (χ4v) is 1.98. The van der Waals surface area contributed by atoms with Crippen LogP contribution in [0.4, 0.5) is 20.4 Å². The first-order valence-electron chi connectivity index (χ1n) is 7.44. The Hall–Kier alpha value is -3.61. The molecule has 0 radical (unpaired) electrons. The van der Waals surface area contributed by atoms with E-state index in [4.69, 9.17) is 11.1 Å². The minimum absolute atomic E-state index is 0.0425. The van der Waals surface area contributed by atoms with Crippen molar-refractivity contribution in [1.82, 2.24) is 15.0 Å². The van der Waals surface area contributed by atoms with E-state index in [0.717, 1.165) is 18.5 Å². The van der Waals surface area contributed by atoms with Crippen LogP contribution in [0.15, 0.2) is 30.2 Å². The number of nitrogens with one attached hydrogen (secondary N) is 3. The van der Waals surface area contributed by atoms with Gasteiger partial charge in [0.2, 0.25) is 0 Å². The number of hydrogen-bond acceptors (Lipinski definition) is 7. The van der Waals surface area contributed by atoms with Gasteiger partial charge in [-0.1, -0.05) is 0 Å². The summed E-state index contributed by atoms with van der Waals surface area (Å²) in [6.45, 7) is 3.26. The van der Waals surface area contributed by atoms with Crippen molar-refractivity contribution in [3.05, 3.63) is 53.3 Å². The number of aromatic nitrogens is 3. The zero-order valence-corrected chi connectivity index (χ0v) is 14.0. The van der Waals surface area contributed by atoms with Crippen molar-refractivity contribution >= 4 is 17.5 Å². The SMILES string of the molecule is C/C(N)=C/C(=N)Nc1nc(N[C@H](C)c2ncc(F)cn2)c(C#N)cc1F. The molecule has 5 N–H and O–H groups in total. The van der Waals surface area contributed by atoms with Crippen LogP contribution in [0.5, 0.6) is 0 Å². The molecule has 1 atom stereocenters. The van der Waals surface area contributed by atoms with Gasteiger partial charge in [-0.25, -0.2) is 23.7 Å². The molecule has 26 heavy (non-hydrogen) atoms. The zero-order chi connectivity index (χ0) is 19.3. The largest absolute Gasteiger partial charge is 0.402 e. The Balaban J connectivity index is 2.30. The molecule has 10 heteroatoms. The zero-order valence-electron chi connectivity index (χ0n) is 14.0. The van der Waals surface area contributed by atoms with Gasteiger partial charge >= 0.3 is 0 Å². The van der Waals surface area contributed by atoms with Crippen molar-refractivity contribution in [2.24, 2.45) is 5.73 Å². The Morgan fingerprint density at radius 2 is 2.00 bits per heavy atom. The highest BCUT2D eigenvalue weighted by Crippen LogP contribution is 2.23. The quantitative estimate of drug-likeness (QED) is 0.476. The topological polar surface area (TPSA) is 136 Å². The molecule has 0 aliphatic rings. The molecular weight excluding hydrogens is 342 g/mol. The number of nitrogens with zero attached hydrogens (tertiary/aromatic N) is 4. The molecule has 0 unspecified atom stereocenters. The van der Waals surface area contributed by atoms with E-state index in [2.05, 4.69) is 25.6 Å². The number of rotatable bonds is 5. The van der Waals surface area contributed by atoms with Crippen molar-refractivity contribution in [2.75, 3.05) is 10.6 Å².